The number of thiazole rings is 1. The van der Waals surface area contributed by atoms with Crippen LogP contribution < -0.4 is 4.74 Å². The van der Waals surface area contributed by atoms with Crippen molar-refractivity contribution in [2.24, 2.45) is 0 Å². The molecule has 0 bridgehead atoms. The predicted octanol–water partition coefficient (Wildman–Crippen LogP) is 3.17. The van der Waals surface area contributed by atoms with Crippen LogP contribution in [0.3, 0.4) is 0 Å². The van der Waals surface area contributed by atoms with Gasteiger partial charge in [-0.05, 0) is 40.5 Å². The monoisotopic (exact) mass is 313 g/mol. The Hall–Kier alpha value is -0.910. The molecule has 0 amide bonds. The first-order valence-electron chi connectivity index (χ1n) is 5.02. The Morgan fingerprint density at radius 3 is 2.82 bits per heavy atom. The highest BCUT2D eigenvalue weighted by atomic mass is 79.9. The molecule has 0 saturated heterocycles. The smallest absolute Gasteiger partial charge is 0.124 e. The van der Waals surface area contributed by atoms with Crippen LogP contribution >= 0.6 is 27.3 Å². The minimum absolute atomic E-state index is 0.676. The molecule has 5 heteroatoms. The molecule has 1 atom stereocenters. The number of halogens is 1. The van der Waals surface area contributed by atoms with Crippen LogP contribution in [0.25, 0.3) is 0 Å². The molecule has 0 radical (unpaired) electrons. The normalized spacial score (nSPS) is 14.4. The molecule has 1 aromatic heterocycles. The first-order chi connectivity index (χ1) is 8.05. The first kappa shape index (κ1) is 12.5. The van der Waals surface area contributed by atoms with Gasteiger partial charge in [0.1, 0.15) is 16.0 Å². The average Bonchev–Trinajstić information content (AvgIpc) is 2.76. The molecule has 0 saturated carbocycles. The van der Waals surface area contributed by atoms with Gasteiger partial charge >= 0.3 is 0 Å². The molecule has 1 heterocycles. The summed E-state index contributed by atoms with van der Waals surface area (Å²) in [5, 5.41) is 10.6. The largest absolute Gasteiger partial charge is 0.497 e. The zero-order chi connectivity index (χ0) is 12.5. The number of benzene rings is 1. The minimum atomic E-state index is -1.07. The highest BCUT2D eigenvalue weighted by molar-refractivity contribution is 9.10. The Kier molecular flexibility index (Phi) is 3.51. The lowest BCUT2D eigenvalue weighted by Crippen LogP contribution is -2.21. The highest BCUT2D eigenvalue weighted by Crippen LogP contribution is 2.37. The molecule has 2 rings (SSSR count). The number of hydrogen-bond acceptors (Lipinski definition) is 4. The van der Waals surface area contributed by atoms with Crippen molar-refractivity contribution in [1.29, 1.82) is 0 Å². The van der Waals surface area contributed by atoms with Gasteiger partial charge in [-0.25, -0.2) is 4.98 Å². The summed E-state index contributed by atoms with van der Waals surface area (Å²) in [4.78, 5) is 4.88. The van der Waals surface area contributed by atoms with Gasteiger partial charge in [-0.2, -0.15) is 0 Å². The van der Waals surface area contributed by atoms with Gasteiger partial charge in [0, 0.05) is 0 Å². The Morgan fingerprint density at radius 1 is 1.47 bits per heavy atom. The molecule has 1 unspecified atom stereocenters. The number of rotatable bonds is 3. The second-order valence-electron chi connectivity index (χ2n) is 3.78. The fourth-order valence-corrected chi connectivity index (χ4v) is 3.27. The van der Waals surface area contributed by atoms with Crippen molar-refractivity contribution in [1.82, 2.24) is 4.98 Å². The number of ether oxygens (including phenoxy) is 1. The summed E-state index contributed by atoms with van der Waals surface area (Å²) < 4.78 is 5.84. The molecule has 1 N–H and O–H groups in total. The number of aliphatic hydroxyl groups is 1. The fraction of sp³-hybridized carbons (Fsp3) is 0.250. The Bertz CT molecular complexity index is 525. The maximum Gasteiger partial charge on any atom is 0.124 e. The molecule has 0 aliphatic carbocycles. The average molecular weight is 314 g/mol. The van der Waals surface area contributed by atoms with Crippen molar-refractivity contribution in [3.05, 3.63) is 44.8 Å². The summed E-state index contributed by atoms with van der Waals surface area (Å²) in [7, 11) is 1.61. The van der Waals surface area contributed by atoms with Gasteiger partial charge in [-0.15, -0.1) is 11.3 Å². The molecule has 0 aliphatic heterocycles. The quantitative estimate of drug-likeness (QED) is 0.946. The van der Waals surface area contributed by atoms with Gasteiger partial charge in [-0.3, -0.25) is 0 Å². The number of methoxy groups -OCH3 is 1. The Labute approximate surface area is 112 Å². The van der Waals surface area contributed by atoms with Gasteiger partial charge < -0.3 is 9.84 Å². The van der Waals surface area contributed by atoms with Gasteiger partial charge in [0.05, 0.1) is 17.5 Å². The van der Waals surface area contributed by atoms with Crippen LogP contribution in [0.1, 0.15) is 17.4 Å². The van der Waals surface area contributed by atoms with E-state index in [-0.39, 0.29) is 0 Å². The molecule has 17 heavy (non-hydrogen) atoms. The van der Waals surface area contributed by atoms with E-state index in [9.17, 15) is 5.11 Å². The summed E-state index contributed by atoms with van der Waals surface area (Å²) in [6.07, 6.45) is 0. The Balaban J connectivity index is 2.47. The van der Waals surface area contributed by atoms with Crippen molar-refractivity contribution in [2.45, 2.75) is 12.5 Å². The predicted molar refractivity (Wildman–Crippen MR) is 71.5 cm³/mol. The topological polar surface area (TPSA) is 42.4 Å². The van der Waals surface area contributed by atoms with Gasteiger partial charge in [-0.1, -0.05) is 12.1 Å². The van der Waals surface area contributed by atoms with E-state index in [1.54, 1.807) is 19.5 Å². The van der Waals surface area contributed by atoms with Crippen molar-refractivity contribution in [3.8, 4) is 5.75 Å². The second kappa shape index (κ2) is 4.76. The van der Waals surface area contributed by atoms with Crippen molar-refractivity contribution in [2.75, 3.05) is 7.11 Å². The van der Waals surface area contributed by atoms with E-state index in [2.05, 4.69) is 20.9 Å². The van der Waals surface area contributed by atoms with Crippen LogP contribution in [0, 0.1) is 0 Å². The van der Waals surface area contributed by atoms with E-state index in [0.29, 0.717) is 4.60 Å². The SMILES string of the molecule is COc1cccc(C(C)(O)c2scnc2Br)c1. The summed E-state index contributed by atoms with van der Waals surface area (Å²) in [5.41, 5.74) is 1.41. The van der Waals surface area contributed by atoms with Crippen molar-refractivity contribution >= 4 is 27.3 Å². The third-order valence-corrected chi connectivity index (χ3v) is 4.50. The van der Waals surface area contributed by atoms with Gasteiger partial charge in [0.2, 0.25) is 0 Å². The van der Waals surface area contributed by atoms with E-state index < -0.39 is 5.60 Å². The van der Waals surface area contributed by atoms with Gasteiger partial charge in [0.25, 0.3) is 0 Å². The van der Waals surface area contributed by atoms with Gasteiger partial charge in [0.15, 0.2) is 0 Å². The molecule has 0 spiro atoms. The molecular formula is C12H12BrNO2S. The summed E-state index contributed by atoms with van der Waals surface area (Å²) in [5.74, 6) is 0.725. The Morgan fingerprint density at radius 2 is 2.24 bits per heavy atom. The van der Waals surface area contributed by atoms with Crippen LogP contribution in [0.15, 0.2) is 34.4 Å². The van der Waals surface area contributed by atoms with E-state index in [4.69, 9.17) is 4.74 Å². The van der Waals surface area contributed by atoms with E-state index in [1.165, 1.54) is 11.3 Å². The molecule has 3 nitrogen and oxygen atoms in total. The molecule has 0 aliphatic rings. The van der Waals surface area contributed by atoms with Crippen LogP contribution in [0.5, 0.6) is 5.75 Å². The summed E-state index contributed by atoms with van der Waals surface area (Å²) >= 11 is 4.76. The fourth-order valence-electron chi connectivity index (χ4n) is 1.61. The maximum atomic E-state index is 10.6. The van der Waals surface area contributed by atoms with E-state index in [0.717, 1.165) is 16.2 Å². The number of hydrogen-bond donors (Lipinski definition) is 1. The minimum Gasteiger partial charge on any atom is -0.497 e. The lowest BCUT2D eigenvalue weighted by Gasteiger charge is -2.23. The third-order valence-electron chi connectivity index (χ3n) is 2.60. The standard InChI is InChI=1S/C12H12BrNO2S/c1-12(15,10-11(13)14-7-17-10)8-4-3-5-9(6-8)16-2/h3-7,15H,1-2H3. The summed E-state index contributed by atoms with van der Waals surface area (Å²) in [6.45, 7) is 1.75. The third kappa shape index (κ3) is 2.36. The zero-order valence-corrected chi connectivity index (χ0v) is 11.9. The van der Waals surface area contributed by atoms with Crippen molar-refractivity contribution < 1.29 is 9.84 Å². The number of nitrogens with zero attached hydrogens (tertiary/aromatic N) is 1. The molecule has 0 fully saturated rings. The molecule has 2 aromatic rings. The van der Waals surface area contributed by atoms with E-state index >= 15 is 0 Å². The maximum absolute atomic E-state index is 10.6. The second-order valence-corrected chi connectivity index (χ2v) is 5.38. The van der Waals surface area contributed by atoms with Crippen LogP contribution in [-0.4, -0.2) is 17.2 Å². The van der Waals surface area contributed by atoms with Crippen molar-refractivity contribution in [3.63, 3.8) is 0 Å². The van der Waals surface area contributed by atoms with E-state index in [1.807, 2.05) is 24.3 Å². The van der Waals surface area contributed by atoms with Crippen LogP contribution in [-0.2, 0) is 5.60 Å². The molecular weight excluding hydrogens is 302 g/mol. The molecule has 1 aromatic carbocycles. The summed E-state index contributed by atoms with van der Waals surface area (Å²) in [6, 6.07) is 7.40. The van der Waals surface area contributed by atoms with Crippen LogP contribution in [0.4, 0.5) is 0 Å². The lowest BCUT2D eigenvalue weighted by molar-refractivity contribution is 0.105. The first-order valence-corrected chi connectivity index (χ1v) is 6.69. The number of aromatic nitrogens is 1. The van der Waals surface area contributed by atoms with Crippen LogP contribution in [0.2, 0.25) is 0 Å². The lowest BCUT2D eigenvalue weighted by atomic mass is 9.95. The zero-order valence-electron chi connectivity index (χ0n) is 9.48. The molecule has 90 valence electrons. The highest BCUT2D eigenvalue weighted by Gasteiger charge is 2.30.